The van der Waals surface area contributed by atoms with Crippen molar-refractivity contribution in [3.05, 3.63) is 17.3 Å². The molecule has 0 aliphatic rings. The summed E-state index contributed by atoms with van der Waals surface area (Å²) in [5.74, 6) is 1.80. The summed E-state index contributed by atoms with van der Waals surface area (Å²) < 4.78 is 0. The molecule has 0 amide bonds. The quantitative estimate of drug-likeness (QED) is 0.935. The number of hydrogen-bond donors (Lipinski definition) is 1. The minimum atomic E-state index is 0.244. The van der Waals surface area contributed by atoms with Gasteiger partial charge in [-0.25, -0.2) is 9.97 Å². The molecule has 0 radical (unpaired) electrons. The fourth-order valence-corrected chi connectivity index (χ4v) is 2.96. The number of nitrogens with one attached hydrogen (secondary N) is 1. The van der Waals surface area contributed by atoms with Crippen molar-refractivity contribution in [3.63, 3.8) is 0 Å². The van der Waals surface area contributed by atoms with Crippen LogP contribution in [0.5, 0.6) is 0 Å². The molecule has 5 heteroatoms. The third-order valence-corrected chi connectivity index (χ3v) is 4.72. The first-order valence-electron chi connectivity index (χ1n) is 6.95. The van der Waals surface area contributed by atoms with Gasteiger partial charge in [0.15, 0.2) is 0 Å². The highest BCUT2D eigenvalue weighted by atomic mass is 32.1. The van der Waals surface area contributed by atoms with Gasteiger partial charge in [-0.3, -0.25) is 4.90 Å². The molecular weight excluding hydrogens is 268 g/mol. The van der Waals surface area contributed by atoms with Gasteiger partial charge in [-0.1, -0.05) is 20.8 Å². The molecule has 1 N–H and O–H groups in total. The highest BCUT2D eigenvalue weighted by Gasteiger charge is 2.24. The Morgan fingerprint density at radius 3 is 2.65 bits per heavy atom. The zero-order chi connectivity index (χ0) is 14.9. The Bertz CT molecular complexity index is 585. The molecule has 2 heterocycles. The molecule has 0 fully saturated rings. The lowest BCUT2D eigenvalue weighted by Crippen LogP contribution is -2.39. The largest absolute Gasteiger partial charge is 0.372 e. The summed E-state index contributed by atoms with van der Waals surface area (Å²) >= 11 is 1.66. The first-order chi connectivity index (χ1) is 9.32. The van der Waals surface area contributed by atoms with Gasteiger partial charge in [0.1, 0.15) is 16.5 Å². The van der Waals surface area contributed by atoms with Gasteiger partial charge in [0.05, 0.1) is 11.9 Å². The van der Waals surface area contributed by atoms with Gasteiger partial charge in [-0.05, 0) is 30.8 Å². The Balaban J connectivity index is 2.25. The molecule has 110 valence electrons. The maximum Gasteiger partial charge on any atom is 0.146 e. The van der Waals surface area contributed by atoms with Gasteiger partial charge in [0.25, 0.3) is 0 Å². The van der Waals surface area contributed by atoms with Crippen LogP contribution in [-0.4, -0.2) is 35.0 Å². The number of thiophene rings is 1. The Hall–Kier alpha value is -1.20. The number of aromatic nitrogens is 2. The second kappa shape index (κ2) is 5.66. The number of fused-ring (bicyclic) bond motifs is 1. The smallest absolute Gasteiger partial charge is 0.146 e. The van der Waals surface area contributed by atoms with E-state index in [1.165, 1.54) is 0 Å². The summed E-state index contributed by atoms with van der Waals surface area (Å²) in [5, 5.41) is 6.33. The molecule has 0 aliphatic heterocycles. The molecule has 4 nitrogen and oxygen atoms in total. The standard InChI is InChI=1S/C15H24N4S/c1-10(15(2,3)4)19(6)9-12-17-13(16-5)11-7-8-20-14(11)18-12/h7-8,10H,9H2,1-6H3,(H,16,17,18). The molecule has 0 bridgehead atoms. The van der Waals surface area contributed by atoms with Crippen molar-refractivity contribution in [2.45, 2.75) is 40.3 Å². The summed E-state index contributed by atoms with van der Waals surface area (Å²) in [6.45, 7) is 9.80. The van der Waals surface area contributed by atoms with Gasteiger partial charge < -0.3 is 5.32 Å². The second-order valence-electron chi connectivity index (χ2n) is 6.33. The highest BCUT2D eigenvalue weighted by molar-refractivity contribution is 7.16. The van der Waals surface area contributed by atoms with Crippen LogP contribution in [0.3, 0.4) is 0 Å². The fraction of sp³-hybridized carbons (Fsp3) is 0.600. The summed E-state index contributed by atoms with van der Waals surface area (Å²) in [6, 6.07) is 2.53. The van der Waals surface area contributed by atoms with E-state index in [0.29, 0.717) is 6.04 Å². The van der Waals surface area contributed by atoms with Crippen LogP contribution in [0.2, 0.25) is 0 Å². The molecule has 2 rings (SSSR count). The van der Waals surface area contributed by atoms with E-state index in [9.17, 15) is 0 Å². The van der Waals surface area contributed by atoms with Crippen molar-refractivity contribution in [2.75, 3.05) is 19.4 Å². The van der Waals surface area contributed by atoms with Crippen molar-refractivity contribution in [2.24, 2.45) is 5.41 Å². The lowest BCUT2D eigenvalue weighted by molar-refractivity contribution is 0.132. The maximum atomic E-state index is 4.67. The summed E-state index contributed by atoms with van der Waals surface area (Å²) in [5.41, 5.74) is 0.244. The van der Waals surface area contributed by atoms with E-state index in [0.717, 1.165) is 28.4 Å². The lowest BCUT2D eigenvalue weighted by atomic mass is 9.87. The Morgan fingerprint density at radius 2 is 2.05 bits per heavy atom. The molecule has 0 aliphatic carbocycles. The lowest BCUT2D eigenvalue weighted by Gasteiger charge is -2.35. The van der Waals surface area contributed by atoms with Crippen LogP contribution in [0.25, 0.3) is 10.2 Å². The summed E-state index contributed by atoms with van der Waals surface area (Å²) in [6.07, 6.45) is 0. The van der Waals surface area contributed by atoms with Gasteiger partial charge in [-0.15, -0.1) is 11.3 Å². The van der Waals surface area contributed by atoms with E-state index in [-0.39, 0.29) is 5.41 Å². The topological polar surface area (TPSA) is 41.1 Å². The van der Waals surface area contributed by atoms with E-state index in [1.54, 1.807) is 11.3 Å². The van der Waals surface area contributed by atoms with E-state index in [1.807, 2.05) is 7.05 Å². The minimum absolute atomic E-state index is 0.244. The SMILES string of the molecule is CNc1nc(CN(C)C(C)C(C)(C)C)nc2sccc12. The number of nitrogens with zero attached hydrogens (tertiary/aromatic N) is 3. The number of hydrogen-bond acceptors (Lipinski definition) is 5. The van der Waals surface area contributed by atoms with Gasteiger partial charge in [0, 0.05) is 13.1 Å². The predicted molar refractivity (Wildman–Crippen MR) is 87.3 cm³/mol. The summed E-state index contributed by atoms with van der Waals surface area (Å²) in [4.78, 5) is 12.7. The second-order valence-corrected chi connectivity index (χ2v) is 7.23. The van der Waals surface area contributed by atoms with Gasteiger partial charge >= 0.3 is 0 Å². The van der Waals surface area contributed by atoms with Crippen LogP contribution >= 0.6 is 11.3 Å². The Morgan fingerprint density at radius 1 is 1.35 bits per heavy atom. The fourth-order valence-electron chi connectivity index (χ4n) is 2.18. The van der Waals surface area contributed by atoms with Crippen LogP contribution < -0.4 is 5.32 Å². The average Bonchev–Trinajstić information content (AvgIpc) is 2.83. The first-order valence-corrected chi connectivity index (χ1v) is 7.83. The monoisotopic (exact) mass is 292 g/mol. The molecule has 0 saturated heterocycles. The van der Waals surface area contributed by atoms with Gasteiger partial charge in [0.2, 0.25) is 0 Å². The van der Waals surface area contributed by atoms with Gasteiger partial charge in [-0.2, -0.15) is 0 Å². The van der Waals surface area contributed by atoms with E-state index < -0.39 is 0 Å². The van der Waals surface area contributed by atoms with Crippen LogP contribution in [-0.2, 0) is 6.54 Å². The summed E-state index contributed by atoms with van der Waals surface area (Å²) in [7, 11) is 4.04. The van der Waals surface area contributed by atoms with Crippen LogP contribution in [0.1, 0.15) is 33.5 Å². The molecule has 0 saturated carbocycles. The molecule has 1 atom stereocenters. The van der Waals surface area contributed by atoms with Crippen molar-refractivity contribution < 1.29 is 0 Å². The van der Waals surface area contributed by atoms with Crippen molar-refractivity contribution in [3.8, 4) is 0 Å². The normalized spacial score (nSPS) is 13.9. The van der Waals surface area contributed by atoms with Crippen molar-refractivity contribution in [1.82, 2.24) is 14.9 Å². The predicted octanol–water partition coefficient (Wildman–Crippen LogP) is 3.60. The van der Waals surface area contributed by atoms with Crippen LogP contribution in [0.15, 0.2) is 11.4 Å². The first kappa shape index (κ1) is 15.2. The highest BCUT2D eigenvalue weighted by Crippen LogP contribution is 2.27. The Kier molecular flexibility index (Phi) is 4.30. The van der Waals surface area contributed by atoms with Crippen molar-refractivity contribution >= 4 is 27.4 Å². The molecule has 0 aromatic carbocycles. The van der Waals surface area contributed by atoms with Crippen LogP contribution in [0, 0.1) is 5.41 Å². The molecule has 2 aromatic rings. The minimum Gasteiger partial charge on any atom is -0.372 e. The van der Waals surface area contributed by atoms with E-state index in [2.05, 4.69) is 66.4 Å². The third kappa shape index (κ3) is 3.10. The molecular formula is C15H24N4S. The average molecular weight is 292 g/mol. The number of anilines is 1. The van der Waals surface area contributed by atoms with E-state index >= 15 is 0 Å². The molecule has 1 unspecified atom stereocenters. The van der Waals surface area contributed by atoms with Crippen LogP contribution in [0.4, 0.5) is 5.82 Å². The number of rotatable bonds is 4. The maximum absolute atomic E-state index is 4.67. The molecule has 0 spiro atoms. The zero-order valence-corrected chi connectivity index (χ0v) is 14.0. The van der Waals surface area contributed by atoms with Crippen molar-refractivity contribution in [1.29, 1.82) is 0 Å². The third-order valence-electron chi connectivity index (χ3n) is 3.91. The van der Waals surface area contributed by atoms with E-state index in [4.69, 9.17) is 0 Å². The zero-order valence-electron chi connectivity index (χ0n) is 13.2. The molecule has 2 aromatic heterocycles. The Labute approximate surface area is 125 Å². The molecule has 20 heavy (non-hydrogen) atoms.